The zero-order valence-electron chi connectivity index (χ0n) is 21.8. The van der Waals surface area contributed by atoms with Crippen LogP contribution in [0.1, 0.15) is 31.4 Å². The number of benzene rings is 3. The van der Waals surface area contributed by atoms with Gasteiger partial charge in [-0.3, -0.25) is 9.59 Å². The topological polar surface area (TPSA) is 126 Å². The molecule has 9 nitrogen and oxygen atoms in total. The highest BCUT2D eigenvalue weighted by Crippen LogP contribution is 2.16. The number of ether oxygens (including phenoxy) is 1. The van der Waals surface area contributed by atoms with Crippen molar-refractivity contribution in [1.82, 2.24) is 10.1 Å². The van der Waals surface area contributed by atoms with Gasteiger partial charge in [-0.1, -0.05) is 47.5 Å². The lowest BCUT2D eigenvalue weighted by Gasteiger charge is -2.19. The molecule has 3 aromatic rings. The summed E-state index contributed by atoms with van der Waals surface area (Å²) in [5.41, 5.74) is 4.68. The molecule has 0 unspecified atom stereocenters. The fourth-order valence-corrected chi connectivity index (χ4v) is 4.90. The van der Waals surface area contributed by atoms with Crippen LogP contribution in [-0.4, -0.2) is 39.1 Å². The van der Waals surface area contributed by atoms with Gasteiger partial charge in [0.05, 0.1) is 11.1 Å². The second-order valence-electron chi connectivity index (χ2n) is 9.26. The molecule has 11 heteroatoms. The van der Waals surface area contributed by atoms with Crippen LogP contribution in [0.25, 0.3) is 0 Å². The minimum Gasteiger partial charge on any atom is -0.484 e. The van der Waals surface area contributed by atoms with Crippen LogP contribution >= 0.6 is 15.9 Å². The molecule has 0 spiro atoms. The quantitative estimate of drug-likeness (QED) is 0.203. The fourth-order valence-electron chi connectivity index (χ4n) is 3.43. The van der Waals surface area contributed by atoms with Gasteiger partial charge in [-0.25, -0.2) is 13.8 Å². The number of hydrazone groups is 1. The number of halogens is 1. The van der Waals surface area contributed by atoms with E-state index >= 15 is 0 Å². The van der Waals surface area contributed by atoms with Crippen LogP contribution in [0, 0.1) is 12.8 Å². The van der Waals surface area contributed by atoms with Crippen molar-refractivity contribution in [3.8, 4) is 5.75 Å². The third kappa shape index (κ3) is 9.93. The molecule has 0 aliphatic rings. The van der Waals surface area contributed by atoms with Crippen LogP contribution in [-0.2, 0) is 19.6 Å². The predicted molar refractivity (Wildman–Crippen MR) is 155 cm³/mol. The van der Waals surface area contributed by atoms with Crippen LogP contribution < -0.4 is 20.2 Å². The zero-order chi connectivity index (χ0) is 28.4. The first-order chi connectivity index (χ1) is 18.5. The highest BCUT2D eigenvalue weighted by molar-refractivity contribution is 9.10. The maximum atomic E-state index is 12.8. The van der Waals surface area contributed by atoms with Crippen LogP contribution in [0.5, 0.6) is 5.75 Å². The molecule has 2 amide bonds. The van der Waals surface area contributed by atoms with Crippen molar-refractivity contribution in [2.24, 2.45) is 11.0 Å². The van der Waals surface area contributed by atoms with Crippen molar-refractivity contribution in [3.63, 3.8) is 0 Å². The average molecular weight is 616 g/mol. The summed E-state index contributed by atoms with van der Waals surface area (Å²) in [6.07, 6.45) is 1.73. The second-order valence-corrected chi connectivity index (χ2v) is 11.9. The molecular weight excluding hydrogens is 584 g/mol. The van der Waals surface area contributed by atoms with Gasteiger partial charge >= 0.3 is 0 Å². The van der Waals surface area contributed by atoms with Gasteiger partial charge in [-0.2, -0.15) is 9.82 Å². The summed E-state index contributed by atoms with van der Waals surface area (Å²) in [7, 11) is -3.89. The number of rotatable bonds is 12. The number of amides is 2. The van der Waals surface area contributed by atoms with E-state index in [1.165, 1.54) is 18.3 Å². The van der Waals surface area contributed by atoms with E-state index in [0.717, 1.165) is 10.0 Å². The van der Waals surface area contributed by atoms with Crippen molar-refractivity contribution >= 4 is 49.7 Å². The first kappa shape index (κ1) is 30.0. The molecule has 0 bridgehead atoms. The molecule has 0 fully saturated rings. The van der Waals surface area contributed by atoms with E-state index < -0.39 is 22.0 Å². The van der Waals surface area contributed by atoms with Crippen molar-refractivity contribution in [1.29, 1.82) is 0 Å². The number of nitrogens with one attached hydrogen (secondary N) is 3. The molecule has 1 atom stereocenters. The molecule has 0 heterocycles. The Morgan fingerprint density at radius 1 is 0.974 bits per heavy atom. The Hall–Kier alpha value is -3.54. The molecule has 3 rings (SSSR count). The Labute approximate surface area is 237 Å². The number of aryl methyl sites for hydroxylation is 1. The molecule has 3 N–H and O–H groups in total. The first-order valence-corrected chi connectivity index (χ1v) is 14.5. The maximum Gasteiger partial charge on any atom is 0.262 e. The van der Waals surface area contributed by atoms with E-state index in [0.29, 0.717) is 23.4 Å². The lowest BCUT2D eigenvalue weighted by molar-refractivity contribution is -0.123. The summed E-state index contributed by atoms with van der Waals surface area (Å²) < 4.78 is 34.5. The average Bonchev–Trinajstić information content (AvgIpc) is 2.89. The minimum atomic E-state index is -3.89. The van der Waals surface area contributed by atoms with Crippen molar-refractivity contribution in [2.45, 2.75) is 38.1 Å². The van der Waals surface area contributed by atoms with Crippen molar-refractivity contribution < 1.29 is 22.7 Å². The summed E-state index contributed by atoms with van der Waals surface area (Å²) in [5.74, 6) is -0.299. The largest absolute Gasteiger partial charge is 0.484 e. The van der Waals surface area contributed by atoms with E-state index in [-0.39, 0.29) is 23.3 Å². The number of sulfonamides is 1. The molecule has 0 aliphatic carbocycles. The van der Waals surface area contributed by atoms with E-state index in [9.17, 15) is 18.0 Å². The Bertz CT molecular complexity index is 1390. The van der Waals surface area contributed by atoms with Gasteiger partial charge in [-0.05, 0) is 85.5 Å². The highest BCUT2D eigenvalue weighted by atomic mass is 79.9. The summed E-state index contributed by atoms with van der Waals surface area (Å²) in [6.45, 7) is 5.51. The number of hydrogen-bond donors (Lipinski definition) is 3. The van der Waals surface area contributed by atoms with Gasteiger partial charge in [0, 0.05) is 10.2 Å². The third-order valence-corrected chi connectivity index (χ3v) is 7.43. The summed E-state index contributed by atoms with van der Waals surface area (Å²) in [4.78, 5) is 25.0. The molecule has 0 saturated heterocycles. The highest BCUT2D eigenvalue weighted by Gasteiger charge is 2.26. The monoisotopic (exact) mass is 614 g/mol. The Morgan fingerprint density at radius 3 is 2.23 bits per heavy atom. The molecular formula is C28H31BrN4O5S. The summed E-state index contributed by atoms with van der Waals surface area (Å²) in [5, 5.41) is 6.72. The van der Waals surface area contributed by atoms with Gasteiger partial charge in [0.1, 0.15) is 11.8 Å². The van der Waals surface area contributed by atoms with E-state index in [1.54, 1.807) is 48.5 Å². The molecule has 206 valence electrons. The standard InChI is InChI=1S/C28H31BrN4O5S/c1-19(2)16-26(33-39(36,37)25-14-4-20(3)5-15-25)28(35)32-30-17-21-6-12-24(13-7-21)38-18-27(34)31-23-10-8-22(29)9-11-23/h4-15,17,19,26,33H,16,18H2,1-3H3,(H,31,34)(H,32,35)/b30-17-/t26-/m0/s1. The molecule has 0 saturated carbocycles. The van der Waals surface area contributed by atoms with Crippen molar-refractivity contribution in [2.75, 3.05) is 11.9 Å². The summed E-state index contributed by atoms with van der Waals surface area (Å²) >= 11 is 3.34. The van der Waals surface area contributed by atoms with Crippen LogP contribution in [0.15, 0.2) is 87.3 Å². The van der Waals surface area contributed by atoms with Gasteiger partial charge in [-0.15, -0.1) is 0 Å². The molecule has 3 aromatic carbocycles. The molecule has 0 aliphatic heterocycles. The second kappa shape index (κ2) is 14.0. The number of carbonyl (C=O) groups excluding carboxylic acids is 2. The smallest absolute Gasteiger partial charge is 0.262 e. The number of hydrogen-bond acceptors (Lipinski definition) is 6. The van der Waals surface area contributed by atoms with E-state index in [1.807, 2.05) is 32.9 Å². The molecule has 0 aromatic heterocycles. The van der Waals surface area contributed by atoms with Crippen LogP contribution in [0.2, 0.25) is 0 Å². The minimum absolute atomic E-state index is 0.0648. The number of anilines is 1. The molecule has 0 radical (unpaired) electrons. The summed E-state index contributed by atoms with van der Waals surface area (Å²) in [6, 6.07) is 19.4. The lowest BCUT2D eigenvalue weighted by atomic mass is 10.0. The number of carbonyl (C=O) groups is 2. The van der Waals surface area contributed by atoms with E-state index in [4.69, 9.17) is 4.74 Å². The predicted octanol–water partition coefficient (Wildman–Crippen LogP) is 4.62. The Balaban J connectivity index is 1.53. The van der Waals surface area contributed by atoms with Crippen molar-refractivity contribution in [3.05, 3.63) is 88.4 Å². The maximum absolute atomic E-state index is 12.8. The fraction of sp³-hybridized carbons (Fsp3) is 0.250. The van der Waals surface area contributed by atoms with Gasteiger partial charge < -0.3 is 10.1 Å². The Morgan fingerprint density at radius 2 is 1.62 bits per heavy atom. The normalized spacial score (nSPS) is 12.3. The van der Waals surface area contributed by atoms with Crippen LogP contribution in [0.3, 0.4) is 0 Å². The molecule has 39 heavy (non-hydrogen) atoms. The first-order valence-electron chi connectivity index (χ1n) is 12.2. The van der Waals surface area contributed by atoms with Gasteiger partial charge in [0.25, 0.3) is 11.8 Å². The SMILES string of the molecule is Cc1ccc(S(=O)(=O)N[C@@H](CC(C)C)C(=O)N/N=C\c2ccc(OCC(=O)Nc3ccc(Br)cc3)cc2)cc1. The lowest BCUT2D eigenvalue weighted by Crippen LogP contribution is -2.46. The van der Waals surface area contributed by atoms with Gasteiger partial charge in [0.15, 0.2) is 6.61 Å². The van der Waals surface area contributed by atoms with Gasteiger partial charge in [0.2, 0.25) is 10.0 Å². The third-order valence-electron chi connectivity index (χ3n) is 5.42. The van der Waals surface area contributed by atoms with E-state index in [2.05, 4.69) is 36.5 Å². The Kier molecular flexibility index (Phi) is 10.8. The van der Waals surface area contributed by atoms with Crippen LogP contribution in [0.4, 0.5) is 5.69 Å². The number of nitrogens with zero attached hydrogens (tertiary/aromatic N) is 1. The zero-order valence-corrected chi connectivity index (χ0v) is 24.3.